The first kappa shape index (κ1) is 25.2. The van der Waals surface area contributed by atoms with Crippen LogP contribution in [0.4, 0.5) is 0 Å². The molecule has 1 aliphatic heterocycles. The maximum atomic E-state index is 13.1. The van der Waals surface area contributed by atoms with Crippen molar-refractivity contribution < 1.29 is 22.7 Å². The highest BCUT2D eigenvalue weighted by Gasteiger charge is 2.31. The van der Waals surface area contributed by atoms with Crippen LogP contribution >= 0.6 is 11.6 Å². The van der Waals surface area contributed by atoms with Gasteiger partial charge in [-0.1, -0.05) is 48.9 Å². The van der Waals surface area contributed by atoms with Gasteiger partial charge in [0.05, 0.1) is 16.6 Å². The third-order valence-corrected chi connectivity index (χ3v) is 8.33. The minimum Gasteiger partial charge on any atom is -0.452 e. The lowest BCUT2D eigenvalue weighted by molar-refractivity contribution is -0.135. The molecule has 0 N–H and O–H groups in total. The Morgan fingerprint density at radius 1 is 1.21 bits per heavy atom. The summed E-state index contributed by atoms with van der Waals surface area (Å²) in [4.78, 5) is 26.5. The zero-order valence-corrected chi connectivity index (χ0v) is 20.6. The number of sulfonamides is 1. The van der Waals surface area contributed by atoms with Crippen LogP contribution in [0.3, 0.4) is 0 Å². The van der Waals surface area contributed by atoms with Gasteiger partial charge in [0.15, 0.2) is 6.61 Å². The summed E-state index contributed by atoms with van der Waals surface area (Å²) < 4.78 is 32.8. The molecule has 1 amide bonds. The minimum atomic E-state index is -3.85. The van der Waals surface area contributed by atoms with Gasteiger partial charge >= 0.3 is 5.97 Å². The number of piperidine rings is 1. The van der Waals surface area contributed by atoms with E-state index in [1.165, 1.54) is 27.4 Å². The summed E-state index contributed by atoms with van der Waals surface area (Å²) in [7, 11) is -2.21. The fourth-order valence-electron chi connectivity index (χ4n) is 3.82. The Morgan fingerprint density at radius 2 is 1.91 bits per heavy atom. The first-order valence-corrected chi connectivity index (χ1v) is 12.7. The lowest BCUT2D eigenvalue weighted by Gasteiger charge is -2.30. The number of carbonyl (C=O) groups is 2. The van der Waals surface area contributed by atoms with E-state index in [1.807, 2.05) is 44.2 Å². The van der Waals surface area contributed by atoms with E-state index in [9.17, 15) is 18.0 Å². The largest absolute Gasteiger partial charge is 0.452 e. The molecule has 0 aliphatic carbocycles. The van der Waals surface area contributed by atoms with E-state index >= 15 is 0 Å². The normalized spacial score (nSPS) is 17.9. The first-order chi connectivity index (χ1) is 15.6. The van der Waals surface area contributed by atoms with Gasteiger partial charge < -0.3 is 9.64 Å². The predicted molar refractivity (Wildman–Crippen MR) is 127 cm³/mol. The van der Waals surface area contributed by atoms with E-state index in [4.69, 9.17) is 16.3 Å². The van der Waals surface area contributed by atoms with Crippen molar-refractivity contribution in [2.24, 2.45) is 5.92 Å². The van der Waals surface area contributed by atoms with Gasteiger partial charge in [-0.3, -0.25) is 4.79 Å². The number of hydrogen-bond acceptors (Lipinski definition) is 5. The van der Waals surface area contributed by atoms with Crippen LogP contribution in [0.5, 0.6) is 0 Å². The summed E-state index contributed by atoms with van der Waals surface area (Å²) in [6, 6.07) is 13.3. The molecular weight excluding hydrogens is 464 g/mol. The molecule has 1 saturated heterocycles. The molecule has 0 bridgehead atoms. The van der Waals surface area contributed by atoms with Crippen molar-refractivity contribution in [3.63, 3.8) is 0 Å². The zero-order valence-electron chi connectivity index (χ0n) is 19.0. The summed E-state index contributed by atoms with van der Waals surface area (Å²) in [5.41, 5.74) is 0.980. The number of ether oxygens (including phenoxy) is 1. The van der Waals surface area contributed by atoms with Gasteiger partial charge in [-0.2, -0.15) is 4.31 Å². The molecular formula is C24H29ClN2O5S. The number of likely N-dealkylation sites (N-methyl/N-ethyl adjacent to an activating group) is 1. The number of amides is 1. The van der Waals surface area contributed by atoms with E-state index in [0.717, 1.165) is 18.4 Å². The fourth-order valence-corrected chi connectivity index (χ4v) is 5.91. The number of rotatable bonds is 7. The predicted octanol–water partition coefficient (Wildman–Crippen LogP) is 4.14. The molecule has 2 atom stereocenters. The number of carbonyl (C=O) groups excluding carboxylic acids is 2. The highest BCUT2D eigenvalue weighted by molar-refractivity contribution is 7.89. The number of nitrogens with zero attached hydrogens (tertiary/aromatic N) is 2. The molecule has 2 unspecified atom stereocenters. The molecule has 0 saturated carbocycles. The maximum absolute atomic E-state index is 13.1. The van der Waals surface area contributed by atoms with Crippen molar-refractivity contribution in [2.45, 2.75) is 37.6 Å². The van der Waals surface area contributed by atoms with E-state index in [2.05, 4.69) is 0 Å². The first-order valence-electron chi connectivity index (χ1n) is 10.9. The van der Waals surface area contributed by atoms with Crippen LogP contribution < -0.4 is 0 Å². The van der Waals surface area contributed by atoms with Crippen molar-refractivity contribution in [3.8, 4) is 0 Å². The van der Waals surface area contributed by atoms with Crippen molar-refractivity contribution in [1.29, 1.82) is 0 Å². The van der Waals surface area contributed by atoms with Gasteiger partial charge in [0.1, 0.15) is 4.90 Å². The SMILES string of the molecule is CC1CCCN(S(=O)(=O)c2cc(C(=O)OCC(=O)N(C)C(C)c3ccccc3)ccc2Cl)C1. The topological polar surface area (TPSA) is 84.0 Å². The number of esters is 1. The quantitative estimate of drug-likeness (QED) is 0.542. The Labute approximate surface area is 200 Å². The summed E-state index contributed by atoms with van der Waals surface area (Å²) in [5, 5.41) is 0.0391. The van der Waals surface area contributed by atoms with Crippen LogP contribution in [0.1, 0.15) is 48.7 Å². The van der Waals surface area contributed by atoms with Gasteiger partial charge in [0.25, 0.3) is 5.91 Å². The Hall–Kier alpha value is -2.42. The summed E-state index contributed by atoms with van der Waals surface area (Å²) in [6.07, 6.45) is 1.74. The molecule has 7 nitrogen and oxygen atoms in total. The monoisotopic (exact) mass is 492 g/mol. The van der Waals surface area contributed by atoms with Crippen LogP contribution in [-0.2, 0) is 19.6 Å². The van der Waals surface area contributed by atoms with Gasteiger partial charge in [0, 0.05) is 20.1 Å². The van der Waals surface area contributed by atoms with E-state index in [-0.39, 0.29) is 33.3 Å². The summed E-state index contributed by atoms with van der Waals surface area (Å²) >= 11 is 6.18. The standard InChI is InChI=1S/C24H29ClN2O5S/c1-17-8-7-13-27(15-17)33(30,31)22-14-20(11-12-21(22)25)24(29)32-16-23(28)26(3)18(2)19-9-5-4-6-10-19/h4-6,9-12,14,17-18H,7-8,13,15-16H2,1-3H3. The van der Waals surface area contributed by atoms with E-state index < -0.39 is 22.6 Å². The second kappa shape index (κ2) is 10.7. The minimum absolute atomic E-state index is 0.0228. The third-order valence-electron chi connectivity index (χ3n) is 5.99. The lowest BCUT2D eigenvalue weighted by atomic mass is 10.0. The second-order valence-electron chi connectivity index (χ2n) is 8.42. The Balaban J connectivity index is 1.69. The molecule has 178 valence electrons. The molecule has 2 aromatic carbocycles. The zero-order chi connectivity index (χ0) is 24.2. The van der Waals surface area contributed by atoms with E-state index in [0.29, 0.717) is 13.1 Å². The van der Waals surface area contributed by atoms with Crippen LogP contribution in [0.2, 0.25) is 5.02 Å². The molecule has 3 rings (SSSR count). The van der Waals surface area contributed by atoms with Crippen LogP contribution in [0, 0.1) is 5.92 Å². The van der Waals surface area contributed by atoms with Crippen LogP contribution in [0.15, 0.2) is 53.4 Å². The summed E-state index contributed by atoms with van der Waals surface area (Å²) in [6.45, 7) is 4.25. The van der Waals surface area contributed by atoms with Gasteiger partial charge in [-0.25, -0.2) is 13.2 Å². The molecule has 0 spiro atoms. The van der Waals surface area contributed by atoms with Crippen molar-refractivity contribution >= 4 is 33.5 Å². The van der Waals surface area contributed by atoms with Crippen molar-refractivity contribution in [2.75, 3.05) is 26.7 Å². The molecule has 0 aromatic heterocycles. The van der Waals surface area contributed by atoms with Crippen LogP contribution in [-0.4, -0.2) is 56.2 Å². The molecule has 0 radical (unpaired) electrons. The summed E-state index contributed by atoms with van der Waals surface area (Å²) in [5.74, 6) is -0.908. The average Bonchev–Trinajstić information content (AvgIpc) is 2.82. The number of hydrogen-bond donors (Lipinski definition) is 0. The fraction of sp³-hybridized carbons (Fsp3) is 0.417. The molecule has 1 aliphatic rings. The molecule has 9 heteroatoms. The second-order valence-corrected chi connectivity index (χ2v) is 10.7. The third kappa shape index (κ3) is 5.93. The Morgan fingerprint density at radius 3 is 2.58 bits per heavy atom. The smallest absolute Gasteiger partial charge is 0.338 e. The highest BCUT2D eigenvalue weighted by Crippen LogP contribution is 2.29. The Bertz CT molecular complexity index is 1110. The Kier molecular flexibility index (Phi) is 8.15. The highest BCUT2D eigenvalue weighted by atomic mass is 35.5. The molecule has 33 heavy (non-hydrogen) atoms. The maximum Gasteiger partial charge on any atom is 0.338 e. The average molecular weight is 493 g/mol. The van der Waals surface area contributed by atoms with Gasteiger partial charge in [-0.05, 0) is 49.4 Å². The van der Waals surface area contributed by atoms with Crippen molar-refractivity contribution in [1.82, 2.24) is 9.21 Å². The lowest BCUT2D eigenvalue weighted by Crippen LogP contribution is -2.39. The molecule has 1 fully saturated rings. The van der Waals surface area contributed by atoms with E-state index in [1.54, 1.807) is 7.05 Å². The number of benzene rings is 2. The van der Waals surface area contributed by atoms with Crippen LogP contribution in [0.25, 0.3) is 0 Å². The van der Waals surface area contributed by atoms with Crippen molar-refractivity contribution in [3.05, 3.63) is 64.7 Å². The van der Waals surface area contributed by atoms with Gasteiger partial charge in [-0.15, -0.1) is 0 Å². The number of halogens is 1. The molecule has 1 heterocycles. The van der Waals surface area contributed by atoms with Gasteiger partial charge in [0.2, 0.25) is 10.0 Å². The molecule has 2 aromatic rings.